The molecule has 1 fully saturated rings. The van der Waals surface area contributed by atoms with Crippen LogP contribution in [0.5, 0.6) is 0 Å². The van der Waals surface area contributed by atoms with Gasteiger partial charge < -0.3 is 15.4 Å². The molecule has 2 heterocycles. The van der Waals surface area contributed by atoms with Crippen molar-refractivity contribution in [2.75, 3.05) is 25.4 Å². The van der Waals surface area contributed by atoms with Crippen molar-refractivity contribution in [2.45, 2.75) is 13.0 Å². The highest BCUT2D eigenvalue weighted by atomic mass is 16.6. The summed E-state index contributed by atoms with van der Waals surface area (Å²) in [6.07, 6.45) is 2.48. The third-order valence-electron chi connectivity index (χ3n) is 2.32. The number of nitrogen functional groups attached to an aromatic ring is 1. The molecule has 2 N–H and O–H groups in total. The smallest absolute Gasteiger partial charge is 0.409 e. The first-order valence-electron chi connectivity index (χ1n) is 4.96. The van der Waals surface area contributed by atoms with E-state index >= 15 is 0 Å². The summed E-state index contributed by atoms with van der Waals surface area (Å²) < 4.78 is 6.59. The van der Waals surface area contributed by atoms with Crippen molar-refractivity contribution in [3.8, 4) is 0 Å². The fourth-order valence-corrected chi connectivity index (χ4v) is 1.55. The van der Waals surface area contributed by atoms with Crippen LogP contribution in [0.1, 0.15) is 6.42 Å². The van der Waals surface area contributed by atoms with Crippen molar-refractivity contribution in [1.29, 1.82) is 0 Å². The number of anilines is 1. The van der Waals surface area contributed by atoms with Crippen molar-refractivity contribution >= 4 is 11.9 Å². The Hall–Kier alpha value is -1.72. The van der Waals surface area contributed by atoms with Crippen LogP contribution in [-0.2, 0) is 11.3 Å². The van der Waals surface area contributed by atoms with Gasteiger partial charge in [0.05, 0.1) is 6.54 Å². The summed E-state index contributed by atoms with van der Waals surface area (Å²) in [5.74, 6) is 0.524. The summed E-state index contributed by atoms with van der Waals surface area (Å²) in [7, 11) is 0. The number of carbonyl (C=O) groups is 1. The first-order chi connectivity index (χ1) is 7.25. The molecule has 0 aromatic carbocycles. The minimum atomic E-state index is -0.213. The number of cyclic esters (lactones) is 1. The van der Waals surface area contributed by atoms with E-state index in [1.165, 1.54) is 0 Å². The molecule has 0 aliphatic carbocycles. The van der Waals surface area contributed by atoms with E-state index in [-0.39, 0.29) is 6.09 Å². The van der Waals surface area contributed by atoms with Crippen molar-refractivity contribution in [3.05, 3.63) is 12.3 Å². The van der Waals surface area contributed by atoms with Gasteiger partial charge in [0.1, 0.15) is 12.4 Å². The minimum Gasteiger partial charge on any atom is -0.448 e. The number of aromatic nitrogens is 2. The molecule has 82 valence electrons. The number of rotatable bonds is 4. The number of hydrogen-bond acceptors (Lipinski definition) is 4. The van der Waals surface area contributed by atoms with Crippen LogP contribution >= 0.6 is 0 Å². The van der Waals surface area contributed by atoms with E-state index in [0.29, 0.717) is 25.5 Å². The summed E-state index contributed by atoms with van der Waals surface area (Å²) in [5, 5.41) is 4.05. The van der Waals surface area contributed by atoms with E-state index in [0.717, 1.165) is 13.0 Å². The van der Waals surface area contributed by atoms with Crippen molar-refractivity contribution < 1.29 is 9.53 Å². The lowest BCUT2D eigenvalue weighted by Crippen LogP contribution is -2.26. The second-order valence-electron chi connectivity index (χ2n) is 3.46. The van der Waals surface area contributed by atoms with Crippen LogP contribution < -0.4 is 5.73 Å². The monoisotopic (exact) mass is 210 g/mol. The highest BCUT2D eigenvalue weighted by Gasteiger charge is 2.20. The Labute approximate surface area is 87.6 Å². The van der Waals surface area contributed by atoms with E-state index in [2.05, 4.69) is 5.10 Å². The molecule has 1 saturated heterocycles. The lowest BCUT2D eigenvalue weighted by atomic mass is 10.4. The standard InChI is InChI=1S/C9H14N4O2/c10-8-2-5-13(11-8)4-1-3-12-6-7-15-9(12)14/h2,5H,1,3-4,6-7H2,(H2,10,11). The van der Waals surface area contributed by atoms with Gasteiger partial charge in [-0.05, 0) is 12.5 Å². The van der Waals surface area contributed by atoms with Crippen LogP contribution in [0.15, 0.2) is 12.3 Å². The Morgan fingerprint density at radius 3 is 3.00 bits per heavy atom. The van der Waals surface area contributed by atoms with E-state index in [1.807, 2.05) is 6.20 Å². The molecule has 15 heavy (non-hydrogen) atoms. The second-order valence-corrected chi connectivity index (χ2v) is 3.46. The van der Waals surface area contributed by atoms with Crippen molar-refractivity contribution in [3.63, 3.8) is 0 Å². The zero-order valence-corrected chi connectivity index (χ0v) is 8.43. The van der Waals surface area contributed by atoms with Gasteiger partial charge in [0.2, 0.25) is 0 Å². The molecule has 2 rings (SSSR count). The molecule has 0 bridgehead atoms. The minimum absolute atomic E-state index is 0.213. The molecule has 1 aromatic rings. The van der Waals surface area contributed by atoms with Crippen LogP contribution in [0.3, 0.4) is 0 Å². The number of amides is 1. The number of nitrogens with two attached hydrogens (primary N) is 1. The van der Waals surface area contributed by atoms with Gasteiger partial charge in [-0.15, -0.1) is 0 Å². The lowest BCUT2D eigenvalue weighted by molar-refractivity contribution is 0.158. The highest BCUT2D eigenvalue weighted by Crippen LogP contribution is 2.04. The number of aryl methyl sites for hydroxylation is 1. The van der Waals surface area contributed by atoms with Crippen LogP contribution in [0, 0.1) is 0 Å². The van der Waals surface area contributed by atoms with Gasteiger partial charge in [0.15, 0.2) is 0 Å². The highest BCUT2D eigenvalue weighted by molar-refractivity contribution is 5.69. The molecule has 6 nitrogen and oxygen atoms in total. The molecule has 1 aliphatic rings. The molecule has 1 aliphatic heterocycles. The van der Waals surface area contributed by atoms with Gasteiger partial charge >= 0.3 is 6.09 Å². The molecule has 0 radical (unpaired) electrons. The molecular weight excluding hydrogens is 196 g/mol. The zero-order valence-electron chi connectivity index (χ0n) is 8.43. The zero-order chi connectivity index (χ0) is 10.7. The Bertz CT molecular complexity index is 350. The van der Waals surface area contributed by atoms with E-state index in [9.17, 15) is 4.79 Å². The van der Waals surface area contributed by atoms with Gasteiger partial charge in [0.25, 0.3) is 0 Å². The topological polar surface area (TPSA) is 73.4 Å². The predicted octanol–water partition coefficient (Wildman–Crippen LogP) is 0.308. The second kappa shape index (κ2) is 4.20. The van der Waals surface area contributed by atoms with Crippen LogP contribution in [-0.4, -0.2) is 40.5 Å². The molecule has 0 saturated carbocycles. The van der Waals surface area contributed by atoms with Gasteiger partial charge in [0, 0.05) is 19.3 Å². The Morgan fingerprint density at radius 2 is 2.40 bits per heavy atom. The quantitative estimate of drug-likeness (QED) is 0.776. The summed E-state index contributed by atoms with van der Waals surface area (Å²) >= 11 is 0. The maximum atomic E-state index is 11.1. The summed E-state index contributed by atoms with van der Waals surface area (Å²) in [5.41, 5.74) is 5.48. The van der Waals surface area contributed by atoms with Gasteiger partial charge in [-0.2, -0.15) is 5.10 Å². The average molecular weight is 210 g/mol. The first-order valence-corrected chi connectivity index (χ1v) is 4.96. The Balaban J connectivity index is 1.73. The van der Waals surface area contributed by atoms with Crippen molar-refractivity contribution in [1.82, 2.24) is 14.7 Å². The fraction of sp³-hybridized carbons (Fsp3) is 0.556. The van der Waals surface area contributed by atoms with Gasteiger partial charge in [-0.25, -0.2) is 4.79 Å². The molecule has 0 spiro atoms. The summed E-state index contributed by atoms with van der Waals surface area (Å²) in [6, 6.07) is 1.75. The number of nitrogens with zero attached hydrogens (tertiary/aromatic N) is 3. The van der Waals surface area contributed by atoms with Crippen LogP contribution in [0.4, 0.5) is 10.6 Å². The molecule has 1 amide bonds. The molecule has 0 unspecified atom stereocenters. The SMILES string of the molecule is Nc1ccn(CCCN2CCOC2=O)n1. The number of hydrogen-bond donors (Lipinski definition) is 1. The normalized spacial score (nSPS) is 15.7. The average Bonchev–Trinajstić information content (AvgIpc) is 2.77. The fourth-order valence-electron chi connectivity index (χ4n) is 1.55. The van der Waals surface area contributed by atoms with Crippen LogP contribution in [0.2, 0.25) is 0 Å². The number of ether oxygens (including phenoxy) is 1. The molecular formula is C9H14N4O2. The van der Waals surface area contributed by atoms with Gasteiger partial charge in [-0.3, -0.25) is 4.68 Å². The molecule has 1 aromatic heterocycles. The van der Waals surface area contributed by atoms with Gasteiger partial charge in [-0.1, -0.05) is 0 Å². The Morgan fingerprint density at radius 1 is 1.53 bits per heavy atom. The number of carbonyl (C=O) groups excluding carboxylic acids is 1. The maximum absolute atomic E-state index is 11.1. The Kier molecular flexibility index (Phi) is 2.75. The third-order valence-corrected chi connectivity index (χ3v) is 2.32. The first kappa shape index (κ1) is 9.82. The van der Waals surface area contributed by atoms with Crippen LogP contribution in [0.25, 0.3) is 0 Å². The lowest BCUT2D eigenvalue weighted by Gasteiger charge is -2.11. The summed E-state index contributed by atoms with van der Waals surface area (Å²) in [6.45, 7) is 2.67. The van der Waals surface area contributed by atoms with E-state index in [4.69, 9.17) is 10.5 Å². The summed E-state index contributed by atoms with van der Waals surface area (Å²) in [4.78, 5) is 12.8. The molecule has 6 heteroatoms. The van der Waals surface area contributed by atoms with Crippen molar-refractivity contribution in [2.24, 2.45) is 0 Å². The molecule has 0 atom stereocenters. The maximum Gasteiger partial charge on any atom is 0.409 e. The van der Waals surface area contributed by atoms with E-state index < -0.39 is 0 Å². The largest absolute Gasteiger partial charge is 0.448 e. The van der Waals surface area contributed by atoms with E-state index in [1.54, 1.807) is 15.6 Å². The third kappa shape index (κ3) is 2.39. The predicted molar refractivity (Wildman–Crippen MR) is 54.2 cm³/mol.